The Morgan fingerprint density at radius 2 is 1.84 bits per heavy atom. The summed E-state index contributed by atoms with van der Waals surface area (Å²) in [6, 6.07) is 11.2. The lowest BCUT2D eigenvalue weighted by atomic mass is 10.0. The van der Waals surface area contributed by atoms with Gasteiger partial charge in [0.25, 0.3) is 0 Å². The molecule has 1 unspecified atom stereocenters. The molecule has 0 N–H and O–H groups in total. The number of hydrogen-bond acceptors (Lipinski definition) is 2. The van der Waals surface area contributed by atoms with E-state index in [-0.39, 0.29) is 0 Å². The number of aryl methyl sites for hydroxylation is 1. The molecular formula is C17H22S2. The van der Waals surface area contributed by atoms with Crippen molar-refractivity contribution in [1.82, 2.24) is 0 Å². The number of rotatable bonds is 6. The number of thioether (sulfide) groups is 1. The van der Waals surface area contributed by atoms with Gasteiger partial charge in [-0.3, -0.25) is 0 Å². The fourth-order valence-corrected chi connectivity index (χ4v) is 4.30. The molecule has 0 nitrogen and oxygen atoms in total. The molecule has 0 spiro atoms. The van der Waals surface area contributed by atoms with Crippen molar-refractivity contribution in [2.24, 2.45) is 5.92 Å². The van der Waals surface area contributed by atoms with Crippen LogP contribution in [0.1, 0.15) is 31.4 Å². The summed E-state index contributed by atoms with van der Waals surface area (Å²) < 4.78 is 0. The molecule has 0 fully saturated rings. The van der Waals surface area contributed by atoms with Crippen LogP contribution < -0.4 is 0 Å². The molecule has 0 saturated carbocycles. The Labute approximate surface area is 125 Å². The molecule has 2 heteroatoms. The summed E-state index contributed by atoms with van der Waals surface area (Å²) in [5.41, 5.74) is 2.82. The summed E-state index contributed by atoms with van der Waals surface area (Å²) >= 11 is 3.83. The minimum atomic E-state index is 0.678. The lowest BCUT2D eigenvalue weighted by Crippen LogP contribution is -2.10. The van der Waals surface area contributed by atoms with E-state index in [1.807, 2.05) is 11.8 Å². The fraction of sp³-hybridized carbons (Fsp3) is 0.412. The molecule has 1 heterocycles. The van der Waals surface area contributed by atoms with Gasteiger partial charge >= 0.3 is 0 Å². The zero-order valence-electron chi connectivity index (χ0n) is 11.9. The quantitative estimate of drug-likeness (QED) is 0.605. The first-order valence-electron chi connectivity index (χ1n) is 6.88. The summed E-state index contributed by atoms with van der Waals surface area (Å²) in [6.45, 7) is 6.78. The Kier molecular flexibility index (Phi) is 5.53. The molecule has 0 radical (unpaired) electrons. The molecule has 19 heavy (non-hydrogen) atoms. The molecule has 0 amide bonds. The van der Waals surface area contributed by atoms with Crippen LogP contribution in [0, 0.1) is 12.8 Å². The third-order valence-electron chi connectivity index (χ3n) is 3.10. The summed E-state index contributed by atoms with van der Waals surface area (Å²) in [4.78, 5) is 1.39. The zero-order valence-corrected chi connectivity index (χ0v) is 13.6. The fourth-order valence-electron chi connectivity index (χ4n) is 2.18. The third-order valence-corrected chi connectivity index (χ3v) is 5.07. The van der Waals surface area contributed by atoms with Crippen molar-refractivity contribution in [2.75, 3.05) is 0 Å². The van der Waals surface area contributed by atoms with Gasteiger partial charge in [-0.1, -0.05) is 31.5 Å². The van der Waals surface area contributed by atoms with Crippen LogP contribution in [-0.2, 0) is 6.42 Å². The molecule has 1 aromatic carbocycles. The molecule has 0 aliphatic heterocycles. The van der Waals surface area contributed by atoms with Gasteiger partial charge in [-0.2, -0.15) is 11.3 Å². The minimum absolute atomic E-state index is 0.678. The van der Waals surface area contributed by atoms with Crippen LogP contribution in [0.4, 0.5) is 0 Å². The van der Waals surface area contributed by atoms with E-state index in [0.29, 0.717) is 5.25 Å². The van der Waals surface area contributed by atoms with Crippen LogP contribution in [0.3, 0.4) is 0 Å². The molecule has 2 rings (SSSR count). The highest BCUT2D eigenvalue weighted by Crippen LogP contribution is 2.30. The second-order valence-electron chi connectivity index (χ2n) is 5.52. The highest BCUT2D eigenvalue weighted by atomic mass is 32.2. The van der Waals surface area contributed by atoms with Gasteiger partial charge in [0.2, 0.25) is 0 Å². The summed E-state index contributed by atoms with van der Waals surface area (Å²) in [6.07, 6.45) is 2.45. The van der Waals surface area contributed by atoms with Crippen LogP contribution >= 0.6 is 23.1 Å². The number of hydrogen-bond donors (Lipinski definition) is 0. The summed E-state index contributed by atoms with van der Waals surface area (Å²) in [5, 5.41) is 5.14. The Balaban J connectivity index is 2.02. The summed E-state index contributed by atoms with van der Waals surface area (Å²) in [7, 11) is 0. The van der Waals surface area contributed by atoms with Crippen molar-refractivity contribution in [1.29, 1.82) is 0 Å². The lowest BCUT2D eigenvalue weighted by molar-refractivity contribution is 0.566. The average molecular weight is 290 g/mol. The standard InChI is InChI=1S/C17H22S2/c1-13(2)10-17(11-15-8-9-18-12-15)19-16-6-4-14(3)5-7-16/h4-9,12-13,17H,10-11H2,1-3H3. The van der Waals surface area contributed by atoms with Gasteiger partial charge in [0.05, 0.1) is 0 Å². The number of benzene rings is 1. The van der Waals surface area contributed by atoms with Gasteiger partial charge in [-0.25, -0.2) is 0 Å². The molecular weight excluding hydrogens is 268 g/mol. The second kappa shape index (κ2) is 7.16. The van der Waals surface area contributed by atoms with Crippen LogP contribution in [0.25, 0.3) is 0 Å². The van der Waals surface area contributed by atoms with Crippen LogP contribution in [0.5, 0.6) is 0 Å². The lowest BCUT2D eigenvalue weighted by Gasteiger charge is -2.18. The normalized spacial score (nSPS) is 12.8. The predicted octanol–water partition coefficient (Wildman–Crippen LogP) is 5.81. The third kappa shape index (κ3) is 5.04. The first-order valence-corrected chi connectivity index (χ1v) is 8.70. The second-order valence-corrected chi connectivity index (χ2v) is 7.67. The van der Waals surface area contributed by atoms with Gasteiger partial charge in [-0.15, -0.1) is 11.8 Å². The van der Waals surface area contributed by atoms with Gasteiger partial charge in [0, 0.05) is 10.1 Å². The largest absolute Gasteiger partial charge is 0.152 e. The van der Waals surface area contributed by atoms with Crippen molar-refractivity contribution in [2.45, 2.75) is 43.8 Å². The smallest absolute Gasteiger partial charge is 0.0137 e. The van der Waals surface area contributed by atoms with E-state index in [1.54, 1.807) is 11.3 Å². The van der Waals surface area contributed by atoms with Gasteiger partial charge in [-0.05, 0) is 60.2 Å². The van der Waals surface area contributed by atoms with E-state index in [4.69, 9.17) is 0 Å². The van der Waals surface area contributed by atoms with Crippen molar-refractivity contribution in [3.63, 3.8) is 0 Å². The van der Waals surface area contributed by atoms with E-state index in [9.17, 15) is 0 Å². The zero-order chi connectivity index (χ0) is 13.7. The molecule has 0 saturated heterocycles. The maximum atomic E-state index is 2.32. The molecule has 102 valence electrons. The SMILES string of the molecule is Cc1ccc(SC(Cc2ccsc2)CC(C)C)cc1. The van der Waals surface area contributed by atoms with Crippen LogP contribution in [-0.4, -0.2) is 5.25 Å². The monoisotopic (exact) mass is 290 g/mol. The van der Waals surface area contributed by atoms with E-state index >= 15 is 0 Å². The molecule has 0 aliphatic carbocycles. The molecule has 0 bridgehead atoms. The topological polar surface area (TPSA) is 0 Å². The molecule has 0 aliphatic rings. The van der Waals surface area contributed by atoms with Crippen molar-refractivity contribution in [3.8, 4) is 0 Å². The Morgan fingerprint density at radius 1 is 1.11 bits per heavy atom. The van der Waals surface area contributed by atoms with Gasteiger partial charge in [0.1, 0.15) is 0 Å². The highest BCUT2D eigenvalue weighted by Gasteiger charge is 2.13. The maximum absolute atomic E-state index is 2.32. The van der Waals surface area contributed by atoms with Crippen molar-refractivity contribution < 1.29 is 0 Å². The molecule has 2 aromatic rings. The summed E-state index contributed by atoms with van der Waals surface area (Å²) in [5.74, 6) is 0.751. The first kappa shape index (κ1) is 14.7. The Morgan fingerprint density at radius 3 is 2.42 bits per heavy atom. The van der Waals surface area contributed by atoms with Crippen molar-refractivity contribution >= 4 is 23.1 Å². The minimum Gasteiger partial charge on any atom is -0.152 e. The van der Waals surface area contributed by atoms with Gasteiger partial charge in [0.15, 0.2) is 0 Å². The van der Waals surface area contributed by atoms with E-state index < -0.39 is 0 Å². The highest BCUT2D eigenvalue weighted by molar-refractivity contribution is 8.00. The van der Waals surface area contributed by atoms with E-state index in [2.05, 4.69) is 61.9 Å². The van der Waals surface area contributed by atoms with Crippen LogP contribution in [0.2, 0.25) is 0 Å². The van der Waals surface area contributed by atoms with Crippen molar-refractivity contribution in [3.05, 3.63) is 52.2 Å². The average Bonchev–Trinajstić information content (AvgIpc) is 2.84. The molecule has 1 aromatic heterocycles. The Bertz CT molecular complexity index is 468. The van der Waals surface area contributed by atoms with Crippen LogP contribution in [0.15, 0.2) is 46.0 Å². The number of thiophene rings is 1. The van der Waals surface area contributed by atoms with E-state index in [0.717, 1.165) is 5.92 Å². The molecule has 1 atom stereocenters. The van der Waals surface area contributed by atoms with E-state index in [1.165, 1.54) is 28.9 Å². The maximum Gasteiger partial charge on any atom is 0.0137 e. The predicted molar refractivity (Wildman–Crippen MR) is 88.3 cm³/mol. The Hall–Kier alpha value is -0.730. The first-order chi connectivity index (χ1) is 9.13. The van der Waals surface area contributed by atoms with Gasteiger partial charge < -0.3 is 0 Å².